The number of hydrogen-bond acceptors (Lipinski definition) is 3. The predicted molar refractivity (Wildman–Crippen MR) is 86.2 cm³/mol. The first-order chi connectivity index (χ1) is 11.3. The molecule has 24 heavy (non-hydrogen) atoms. The Labute approximate surface area is 144 Å². The van der Waals surface area contributed by atoms with Gasteiger partial charge in [-0.05, 0) is 30.3 Å². The van der Waals surface area contributed by atoms with Crippen LogP contribution in [0.25, 0.3) is 11.0 Å². The van der Waals surface area contributed by atoms with Gasteiger partial charge in [-0.25, -0.2) is 4.98 Å². The summed E-state index contributed by atoms with van der Waals surface area (Å²) >= 11 is 7.19. The summed E-state index contributed by atoms with van der Waals surface area (Å²) in [6, 6.07) is 10.1. The average molecular weight is 371 g/mol. The summed E-state index contributed by atoms with van der Waals surface area (Å²) in [4.78, 5) is 4.25. The molecule has 8 heteroatoms. The first kappa shape index (κ1) is 15.8. The van der Waals surface area contributed by atoms with E-state index in [9.17, 15) is 18.3 Å². The van der Waals surface area contributed by atoms with Gasteiger partial charge in [-0.1, -0.05) is 35.5 Å². The standard InChI is InChI=1S/C16H10ClF3N2OS/c17-11-4-1-9(2-5-11)15(23)8-24-14-21-12-7-10(16(18,19)20)3-6-13(12)22(14)15/h1-7,23H,8H2. The second kappa shape index (κ2) is 5.15. The number of benzene rings is 2. The van der Waals surface area contributed by atoms with E-state index in [0.29, 0.717) is 27.0 Å². The minimum atomic E-state index is -4.43. The molecule has 0 aliphatic carbocycles. The van der Waals surface area contributed by atoms with Crippen LogP contribution in [-0.4, -0.2) is 20.4 Å². The monoisotopic (exact) mass is 370 g/mol. The van der Waals surface area contributed by atoms with E-state index in [1.807, 2.05) is 0 Å². The molecule has 2 heterocycles. The molecule has 0 bridgehead atoms. The van der Waals surface area contributed by atoms with Crippen molar-refractivity contribution < 1.29 is 18.3 Å². The third-order valence-corrected chi connectivity index (χ3v) is 5.36. The van der Waals surface area contributed by atoms with E-state index in [4.69, 9.17) is 11.6 Å². The maximum Gasteiger partial charge on any atom is 0.416 e. The normalized spacial score (nSPS) is 20.5. The molecule has 0 saturated heterocycles. The highest BCUT2D eigenvalue weighted by Gasteiger charge is 2.41. The molecule has 2 aromatic carbocycles. The number of nitrogens with zero attached hydrogens (tertiary/aromatic N) is 2. The summed E-state index contributed by atoms with van der Waals surface area (Å²) in [6.45, 7) is 0. The van der Waals surface area contributed by atoms with Gasteiger partial charge in [-0.15, -0.1) is 0 Å². The molecule has 1 atom stereocenters. The van der Waals surface area contributed by atoms with Crippen molar-refractivity contribution in [2.45, 2.75) is 17.1 Å². The molecule has 3 aromatic rings. The molecule has 0 amide bonds. The molecule has 3 nitrogen and oxygen atoms in total. The fraction of sp³-hybridized carbons (Fsp3) is 0.188. The van der Waals surface area contributed by atoms with Crippen molar-refractivity contribution in [2.24, 2.45) is 0 Å². The van der Waals surface area contributed by atoms with Gasteiger partial charge in [-0.3, -0.25) is 4.57 Å². The highest BCUT2D eigenvalue weighted by atomic mass is 35.5. The second-order valence-corrected chi connectivity index (χ2v) is 6.92. The van der Waals surface area contributed by atoms with E-state index in [1.54, 1.807) is 28.8 Å². The summed E-state index contributed by atoms with van der Waals surface area (Å²) in [6.07, 6.45) is -4.43. The Morgan fingerprint density at radius 3 is 2.54 bits per heavy atom. The number of fused-ring (bicyclic) bond motifs is 3. The van der Waals surface area contributed by atoms with Crippen molar-refractivity contribution in [1.29, 1.82) is 0 Å². The maximum atomic E-state index is 12.9. The van der Waals surface area contributed by atoms with Crippen LogP contribution in [0.15, 0.2) is 47.6 Å². The lowest BCUT2D eigenvalue weighted by Gasteiger charge is -2.25. The van der Waals surface area contributed by atoms with Gasteiger partial charge >= 0.3 is 6.18 Å². The Hall–Kier alpha value is -1.70. The average Bonchev–Trinajstić information content (AvgIpc) is 3.05. The minimum absolute atomic E-state index is 0.208. The third-order valence-electron chi connectivity index (χ3n) is 4.03. The fourth-order valence-electron chi connectivity index (χ4n) is 2.85. The fourth-order valence-corrected chi connectivity index (χ4v) is 4.14. The van der Waals surface area contributed by atoms with Gasteiger partial charge in [0, 0.05) is 10.6 Å². The predicted octanol–water partition coefficient (Wildman–Crippen LogP) is 4.51. The van der Waals surface area contributed by atoms with Gasteiger partial charge in [0.05, 0.1) is 22.3 Å². The molecule has 0 radical (unpaired) electrons. The number of alkyl halides is 3. The van der Waals surface area contributed by atoms with E-state index >= 15 is 0 Å². The Morgan fingerprint density at radius 2 is 1.88 bits per heavy atom. The number of rotatable bonds is 1. The Kier molecular flexibility index (Phi) is 3.39. The minimum Gasteiger partial charge on any atom is -0.366 e. The van der Waals surface area contributed by atoms with Crippen molar-refractivity contribution in [3.63, 3.8) is 0 Å². The van der Waals surface area contributed by atoms with Crippen LogP contribution in [0.5, 0.6) is 0 Å². The van der Waals surface area contributed by atoms with Gasteiger partial charge in [0.25, 0.3) is 0 Å². The van der Waals surface area contributed by atoms with Gasteiger partial charge in [0.15, 0.2) is 10.9 Å². The topological polar surface area (TPSA) is 38.1 Å². The molecule has 1 N–H and O–H groups in total. The summed E-state index contributed by atoms with van der Waals surface area (Å²) in [5.41, 5.74) is -0.858. The SMILES string of the molecule is OC1(c2ccc(Cl)cc2)CSc2nc3cc(C(F)(F)F)ccc3n21. The summed E-state index contributed by atoms with van der Waals surface area (Å²) < 4.78 is 40.2. The number of hydrogen-bond donors (Lipinski definition) is 1. The first-order valence-corrected chi connectivity index (χ1v) is 8.37. The molecule has 1 aromatic heterocycles. The van der Waals surface area contributed by atoms with E-state index in [1.165, 1.54) is 17.8 Å². The van der Waals surface area contributed by atoms with Crippen molar-refractivity contribution in [2.75, 3.05) is 5.75 Å². The van der Waals surface area contributed by atoms with Crippen LogP contribution < -0.4 is 0 Å². The van der Waals surface area contributed by atoms with Gasteiger partial charge in [-0.2, -0.15) is 13.2 Å². The van der Waals surface area contributed by atoms with E-state index in [0.717, 1.165) is 12.1 Å². The Bertz CT molecular complexity index is 939. The van der Waals surface area contributed by atoms with Gasteiger partial charge in [0.2, 0.25) is 0 Å². The molecule has 1 aliphatic rings. The van der Waals surface area contributed by atoms with Crippen molar-refractivity contribution in [3.05, 3.63) is 58.6 Å². The molecule has 0 saturated carbocycles. The quantitative estimate of drug-likeness (QED) is 0.685. The molecular formula is C16H10ClF3N2OS. The summed E-state index contributed by atoms with van der Waals surface area (Å²) in [7, 11) is 0. The molecule has 4 rings (SSSR count). The summed E-state index contributed by atoms with van der Waals surface area (Å²) in [5.74, 6) is 0.327. The molecule has 124 valence electrons. The van der Waals surface area contributed by atoms with Crippen LogP contribution in [0.2, 0.25) is 5.02 Å². The summed E-state index contributed by atoms with van der Waals surface area (Å²) in [5, 5.41) is 12.2. The number of aliphatic hydroxyl groups is 1. The zero-order valence-corrected chi connectivity index (χ0v) is 13.6. The Morgan fingerprint density at radius 1 is 1.17 bits per heavy atom. The van der Waals surface area contributed by atoms with Crippen LogP contribution in [0, 0.1) is 0 Å². The van der Waals surface area contributed by atoms with Crippen molar-refractivity contribution in [1.82, 2.24) is 9.55 Å². The molecule has 0 spiro atoms. The van der Waals surface area contributed by atoms with E-state index in [-0.39, 0.29) is 5.52 Å². The van der Waals surface area contributed by atoms with Gasteiger partial charge < -0.3 is 5.11 Å². The van der Waals surface area contributed by atoms with Crippen LogP contribution in [0.3, 0.4) is 0 Å². The molecule has 1 aliphatic heterocycles. The van der Waals surface area contributed by atoms with Gasteiger partial charge in [0.1, 0.15) is 0 Å². The molecular weight excluding hydrogens is 361 g/mol. The second-order valence-electron chi connectivity index (χ2n) is 5.54. The Balaban J connectivity index is 1.89. The first-order valence-electron chi connectivity index (χ1n) is 7.00. The van der Waals surface area contributed by atoms with Crippen molar-refractivity contribution >= 4 is 34.4 Å². The van der Waals surface area contributed by atoms with Crippen LogP contribution >= 0.6 is 23.4 Å². The smallest absolute Gasteiger partial charge is 0.366 e. The van der Waals surface area contributed by atoms with Crippen LogP contribution in [0.1, 0.15) is 11.1 Å². The van der Waals surface area contributed by atoms with E-state index < -0.39 is 17.5 Å². The highest BCUT2D eigenvalue weighted by Crippen LogP contribution is 2.44. The molecule has 0 fully saturated rings. The lowest BCUT2D eigenvalue weighted by atomic mass is 10.0. The largest absolute Gasteiger partial charge is 0.416 e. The van der Waals surface area contributed by atoms with Crippen molar-refractivity contribution in [3.8, 4) is 0 Å². The maximum absolute atomic E-state index is 12.9. The zero-order valence-electron chi connectivity index (χ0n) is 12.0. The third kappa shape index (κ3) is 2.30. The number of aromatic nitrogens is 2. The zero-order chi connectivity index (χ0) is 17.1. The van der Waals surface area contributed by atoms with E-state index in [2.05, 4.69) is 4.98 Å². The van der Waals surface area contributed by atoms with Crippen LogP contribution in [0.4, 0.5) is 13.2 Å². The number of halogens is 4. The highest BCUT2D eigenvalue weighted by molar-refractivity contribution is 7.99. The lowest BCUT2D eigenvalue weighted by Crippen LogP contribution is -2.33. The number of imidazole rings is 1. The lowest BCUT2D eigenvalue weighted by molar-refractivity contribution is -0.137. The number of thioether (sulfide) groups is 1. The van der Waals surface area contributed by atoms with Crippen LogP contribution in [-0.2, 0) is 11.9 Å². The molecule has 1 unspecified atom stereocenters.